The molecule has 0 saturated carbocycles. The van der Waals surface area contributed by atoms with Gasteiger partial charge in [0.25, 0.3) is 5.91 Å². The van der Waals surface area contributed by atoms with E-state index in [0.717, 1.165) is 11.1 Å². The number of hydrazone groups is 1. The minimum absolute atomic E-state index is 0.207. The van der Waals surface area contributed by atoms with Crippen molar-refractivity contribution in [2.24, 2.45) is 5.10 Å². The normalized spacial score (nSPS) is 9.79. The van der Waals surface area contributed by atoms with E-state index in [1.807, 2.05) is 60.7 Å². The van der Waals surface area contributed by atoms with Gasteiger partial charge in [0, 0.05) is 16.8 Å². The lowest BCUT2D eigenvalue weighted by Gasteiger charge is -2.09. The summed E-state index contributed by atoms with van der Waals surface area (Å²) in [6, 6.07) is 26.4. The van der Waals surface area contributed by atoms with Crippen molar-refractivity contribution in [1.82, 2.24) is 5.43 Å². The van der Waals surface area contributed by atoms with Crippen LogP contribution in [0.5, 0.6) is 0 Å². The third-order valence-corrected chi connectivity index (χ3v) is 4.37. The molecular formula is C25H20N4O4. The molecule has 0 bridgehead atoms. The molecule has 0 aromatic heterocycles. The van der Waals surface area contributed by atoms with Crippen molar-refractivity contribution < 1.29 is 19.1 Å². The molecule has 3 aromatic rings. The van der Waals surface area contributed by atoms with Crippen LogP contribution in [-0.4, -0.2) is 30.1 Å². The Bertz CT molecular complexity index is 1140. The summed E-state index contributed by atoms with van der Waals surface area (Å²) in [5, 5.41) is 15.3. The summed E-state index contributed by atoms with van der Waals surface area (Å²) in [4.78, 5) is 35.8. The second-order valence-electron chi connectivity index (χ2n) is 6.76. The van der Waals surface area contributed by atoms with Crippen LogP contribution in [0.4, 0.5) is 5.69 Å². The lowest BCUT2D eigenvalue weighted by molar-refractivity contribution is -0.124. The number of rotatable bonds is 8. The van der Waals surface area contributed by atoms with Crippen LogP contribution in [0, 0.1) is 11.3 Å². The highest BCUT2D eigenvalue weighted by molar-refractivity contribution is 6.13. The topological polar surface area (TPSA) is 121 Å². The second kappa shape index (κ2) is 11.6. The number of carbonyl (C=O) groups excluding carboxylic acids is 3. The van der Waals surface area contributed by atoms with Crippen LogP contribution in [0.3, 0.4) is 0 Å². The first-order valence-electron chi connectivity index (χ1n) is 9.98. The quantitative estimate of drug-likeness (QED) is 0.316. The number of benzene rings is 3. The van der Waals surface area contributed by atoms with Crippen molar-refractivity contribution >= 4 is 29.2 Å². The molecule has 0 aliphatic carbocycles. The zero-order valence-electron chi connectivity index (χ0n) is 17.5. The van der Waals surface area contributed by atoms with Crippen LogP contribution in [0.15, 0.2) is 90.0 Å². The number of esters is 1. The average molecular weight is 440 g/mol. The largest absolute Gasteiger partial charge is 0.452 e. The number of nitrogens with one attached hydrogen (secondary N) is 2. The predicted molar refractivity (Wildman–Crippen MR) is 122 cm³/mol. The van der Waals surface area contributed by atoms with Gasteiger partial charge in [-0.1, -0.05) is 60.7 Å². The highest BCUT2D eigenvalue weighted by Crippen LogP contribution is 2.12. The van der Waals surface area contributed by atoms with E-state index in [9.17, 15) is 14.4 Å². The molecule has 2 amide bonds. The Balaban J connectivity index is 1.58. The highest BCUT2D eigenvalue weighted by Gasteiger charge is 2.12. The van der Waals surface area contributed by atoms with Gasteiger partial charge in [0.05, 0.1) is 17.3 Å². The van der Waals surface area contributed by atoms with Gasteiger partial charge in [0.15, 0.2) is 6.61 Å². The number of hydrogen-bond acceptors (Lipinski definition) is 6. The van der Waals surface area contributed by atoms with Crippen LogP contribution >= 0.6 is 0 Å². The molecule has 0 unspecified atom stereocenters. The maximum atomic E-state index is 12.2. The van der Waals surface area contributed by atoms with Crippen LogP contribution < -0.4 is 10.7 Å². The highest BCUT2D eigenvalue weighted by atomic mass is 16.5. The minimum atomic E-state index is -0.699. The number of hydrogen-bond donors (Lipinski definition) is 2. The summed E-state index contributed by atoms with van der Waals surface area (Å²) in [5.41, 5.74) is 5.29. The number of amides is 2. The molecule has 0 aliphatic heterocycles. The zero-order chi connectivity index (χ0) is 23.5. The van der Waals surface area contributed by atoms with Gasteiger partial charge in [-0.25, -0.2) is 10.2 Å². The Kier molecular flexibility index (Phi) is 8.03. The minimum Gasteiger partial charge on any atom is -0.452 e. The van der Waals surface area contributed by atoms with Gasteiger partial charge >= 0.3 is 5.97 Å². The van der Waals surface area contributed by atoms with Crippen molar-refractivity contribution in [3.8, 4) is 6.07 Å². The number of nitrogens with zero attached hydrogens (tertiary/aromatic N) is 2. The number of nitriles is 1. The standard InChI is InChI=1S/C25H20N4O4/c26-16-15-22(30)27-21-13-11-20(12-14-21)25(32)33-17-23(31)28-29-24(18-7-3-1-4-8-18)19-9-5-2-6-10-19/h1-14H,15,17H2,(H,27,30)(H,28,31). The molecule has 8 nitrogen and oxygen atoms in total. The van der Waals surface area contributed by atoms with Gasteiger partial charge in [0.1, 0.15) is 6.42 Å². The summed E-state index contributed by atoms with van der Waals surface area (Å²) >= 11 is 0. The molecule has 2 N–H and O–H groups in total. The maximum absolute atomic E-state index is 12.2. The molecule has 0 fully saturated rings. The molecule has 0 saturated heterocycles. The Hall–Kier alpha value is -4.77. The Morgan fingerprint density at radius 2 is 1.36 bits per heavy atom. The lowest BCUT2D eigenvalue weighted by atomic mass is 10.0. The fraction of sp³-hybridized carbons (Fsp3) is 0.0800. The average Bonchev–Trinajstić information content (AvgIpc) is 2.84. The fourth-order valence-electron chi connectivity index (χ4n) is 2.82. The van der Waals surface area contributed by atoms with Crippen molar-refractivity contribution in [1.29, 1.82) is 5.26 Å². The maximum Gasteiger partial charge on any atom is 0.338 e. The van der Waals surface area contributed by atoms with E-state index in [1.54, 1.807) is 6.07 Å². The number of anilines is 1. The fourth-order valence-corrected chi connectivity index (χ4v) is 2.82. The van der Waals surface area contributed by atoms with Gasteiger partial charge in [-0.15, -0.1) is 0 Å². The van der Waals surface area contributed by atoms with E-state index in [4.69, 9.17) is 10.00 Å². The number of carbonyl (C=O) groups is 3. The number of ether oxygens (including phenoxy) is 1. The van der Waals surface area contributed by atoms with Crippen LogP contribution in [0.1, 0.15) is 27.9 Å². The van der Waals surface area contributed by atoms with Gasteiger partial charge in [-0.05, 0) is 24.3 Å². The first-order chi connectivity index (χ1) is 16.1. The molecule has 3 aromatic carbocycles. The first kappa shape index (κ1) is 22.9. The van der Waals surface area contributed by atoms with Crippen molar-refractivity contribution in [3.05, 3.63) is 102 Å². The van der Waals surface area contributed by atoms with E-state index >= 15 is 0 Å². The Morgan fingerprint density at radius 1 is 0.788 bits per heavy atom. The molecule has 33 heavy (non-hydrogen) atoms. The SMILES string of the molecule is N#CCC(=O)Nc1ccc(C(=O)OCC(=O)NN=C(c2ccccc2)c2ccccc2)cc1. The summed E-state index contributed by atoms with van der Waals surface area (Å²) in [7, 11) is 0. The molecule has 0 atom stereocenters. The summed E-state index contributed by atoms with van der Waals surface area (Å²) in [6.45, 7) is -0.514. The van der Waals surface area contributed by atoms with Gasteiger partial charge < -0.3 is 10.1 Å². The van der Waals surface area contributed by atoms with E-state index in [1.165, 1.54) is 24.3 Å². The molecule has 8 heteroatoms. The second-order valence-corrected chi connectivity index (χ2v) is 6.76. The van der Waals surface area contributed by atoms with E-state index in [2.05, 4.69) is 15.8 Å². The van der Waals surface area contributed by atoms with E-state index in [0.29, 0.717) is 11.4 Å². The van der Waals surface area contributed by atoms with Crippen molar-refractivity contribution in [2.45, 2.75) is 6.42 Å². The zero-order valence-corrected chi connectivity index (χ0v) is 17.5. The van der Waals surface area contributed by atoms with E-state index in [-0.39, 0.29) is 12.0 Å². The summed E-state index contributed by atoms with van der Waals surface area (Å²) in [6.07, 6.45) is -0.266. The Morgan fingerprint density at radius 3 is 1.91 bits per heavy atom. The predicted octanol–water partition coefficient (Wildman–Crippen LogP) is 3.26. The smallest absolute Gasteiger partial charge is 0.338 e. The third kappa shape index (κ3) is 6.87. The first-order valence-corrected chi connectivity index (χ1v) is 9.98. The molecule has 0 radical (unpaired) electrons. The van der Waals surface area contributed by atoms with Crippen LogP contribution in [0.2, 0.25) is 0 Å². The molecule has 0 spiro atoms. The summed E-state index contributed by atoms with van der Waals surface area (Å²) in [5.74, 6) is -1.74. The van der Waals surface area contributed by atoms with Gasteiger partial charge in [-0.2, -0.15) is 10.4 Å². The molecule has 164 valence electrons. The van der Waals surface area contributed by atoms with Gasteiger partial charge in [0.2, 0.25) is 5.91 Å². The molecular weight excluding hydrogens is 420 g/mol. The van der Waals surface area contributed by atoms with Crippen molar-refractivity contribution in [2.75, 3.05) is 11.9 Å². The van der Waals surface area contributed by atoms with Crippen LogP contribution in [-0.2, 0) is 14.3 Å². The molecule has 0 aliphatic rings. The Labute approximate surface area is 190 Å². The van der Waals surface area contributed by atoms with E-state index < -0.39 is 24.4 Å². The summed E-state index contributed by atoms with van der Waals surface area (Å²) < 4.78 is 5.04. The van der Waals surface area contributed by atoms with Gasteiger partial charge in [-0.3, -0.25) is 9.59 Å². The monoisotopic (exact) mass is 440 g/mol. The lowest BCUT2D eigenvalue weighted by Crippen LogP contribution is -2.26. The molecule has 3 rings (SSSR count). The molecule has 0 heterocycles. The van der Waals surface area contributed by atoms with Crippen LogP contribution in [0.25, 0.3) is 0 Å². The van der Waals surface area contributed by atoms with Crippen molar-refractivity contribution in [3.63, 3.8) is 0 Å². The third-order valence-electron chi connectivity index (χ3n) is 4.37.